The fourth-order valence-electron chi connectivity index (χ4n) is 3.71. The van der Waals surface area contributed by atoms with Crippen molar-refractivity contribution in [3.05, 3.63) is 78.9 Å². The van der Waals surface area contributed by atoms with Gasteiger partial charge < -0.3 is 14.9 Å². The van der Waals surface area contributed by atoms with Crippen molar-refractivity contribution >= 4 is 7.82 Å². The summed E-state index contributed by atoms with van der Waals surface area (Å²) in [5.41, 5.74) is 5.98. The summed E-state index contributed by atoms with van der Waals surface area (Å²) in [5, 5.41) is 33.6. The Bertz CT molecular complexity index is 1370. The van der Waals surface area contributed by atoms with E-state index in [4.69, 9.17) is 29.1 Å². The smallest absolute Gasteiger partial charge is 0.387 e. The van der Waals surface area contributed by atoms with Gasteiger partial charge in [-0.1, -0.05) is 17.2 Å². The molecule has 0 spiro atoms. The first-order valence-corrected chi connectivity index (χ1v) is 11.7. The monoisotopic (exact) mass is 506 g/mol. The van der Waals surface area contributed by atoms with Gasteiger partial charge in [0.25, 0.3) is 5.56 Å². The molecule has 2 aromatic rings. The van der Waals surface area contributed by atoms with Gasteiger partial charge in [0.1, 0.15) is 12.2 Å². The maximum absolute atomic E-state index is 13.1. The second kappa shape index (κ2) is 9.74. The molecule has 2 saturated heterocycles. The largest absolute Gasteiger partial charge is 0.475 e. The lowest BCUT2D eigenvalue weighted by molar-refractivity contribution is -0.127. The van der Waals surface area contributed by atoms with Crippen LogP contribution in [0.15, 0.2) is 51.2 Å². The van der Waals surface area contributed by atoms with Crippen LogP contribution in [0.1, 0.15) is 29.9 Å². The van der Waals surface area contributed by atoms with Gasteiger partial charge in [-0.2, -0.15) is 5.26 Å². The summed E-state index contributed by atoms with van der Waals surface area (Å²) in [6.45, 7) is -0.916. The van der Waals surface area contributed by atoms with E-state index in [1.807, 2.05) is 11.1 Å². The second-order valence-corrected chi connectivity index (χ2v) is 9.29. The van der Waals surface area contributed by atoms with Gasteiger partial charge in [-0.25, -0.2) is 9.36 Å². The third-order valence-corrected chi connectivity index (χ3v) is 6.90. The van der Waals surface area contributed by atoms with E-state index >= 15 is 0 Å². The number of hydrogen-bond donors (Lipinski definition) is 3. The standard InChI is InChI=1S/C19H19N6O9P/c20-9-11-2-1-3-12(8-11)13-5-7-31-35(30,34-13)32-10-19(23-24-21)16(28)15(27)17(33-19)25-6-4-14(26)22-18(25)29/h1-4,6,8,13,15-17,27-28H,5,7,10H2,(H,22,26,29)/t13-,15-,16+,17-,19-,35+/m1/s1. The predicted octanol–water partition coefficient (Wildman–Crippen LogP) is 0.968. The first-order chi connectivity index (χ1) is 16.7. The Morgan fingerprint density at radius 1 is 1.40 bits per heavy atom. The van der Waals surface area contributed by atoms with Crippen molar-refractivity contribution in [2.75, 3.05) is 13.2 Å². The van der Waals surface area contributed by atoms with Crippen LogP contribution >= 0.6 is 7.82 Å². The summed E-state index contributed by atoms with van der Waals surface area (Å²) < 4.78 is 35.5. The molecule has 15 nitrogen and oxygen atoms in total. The lowest BCUT2D eigenvalue weighted by Crippen LogP contribution is -2.45. The topological polar surface area (TPSA) is 222 Å². The number of aromatic nitrogens is 2. The van der Waals surface area contributed by atoms with Crippen LogP contribution in [-0.2, 0) is 22.9 Å². The molecule has 2 fully saturated rings. The van der Waals surface area contributed by atoms with Crippen LogP contribution in [0, 0.1) is 11.3 Å². The van der Waals surface area contributed by atoms with Gasteiger partial charge in [-0.05, 0) is 23.2 Å². The third-order valence-electron chi connectivity index (χ3n) is 5.44. The summed E-state index contributed by atoms with van der Waals surface area (Å²) in [7, 11) is -4.29. The van der Waals surface area contributed by atoms with Crippen LogP contribution < -0.4 is 11.2 Å². The number of hydrogen-bond acceptors (Lipinski definition) is 11. The zero-order valence-electron chi connectivity index (χ0n) is 17.8. The number of phosphoric acid groups is 1. The van der Waals surface area contributed by atoms with Crippen molar-refractivity contribution in [3.8, 4) is 6.07 Å². The Morgan fingerprint density at radius 3 is 2.91 bits per heavy atom. The highest BCUT2D eigenvalue weighted by Crippen LogP contribution is 2.58. The van der Waals surface area contributed by atoms with Gasteiger partial charge in [-0.3, -0.25) is 27.9 Å². The van der Waals surface area contributed by atoms with Crippen molar-refractivity contribution in [2.45, 2.75) is 36.7 Å². The Morgan fingerprint density at radius 2 is 2.20 bits per heavy atom. The quantitative estimate of drug-likeness (QED) is 0.218. The molecule has 0 bridgehead atoms. The third kappa shape index (κ3) is 4.92. The molecule has 2 aliphatic rings. The Kier molecular flexibility index (Phi) is 6.91. The van der Waals surface area contributed by atoms with E-state index in [0.717, 1.165) is 16.8 Å². The van der Waals surface area contributed by atoms with Gasteiger partial charge in [0.15, 0.2) is 6.23 Å². The molecule has 35 heavy (non-hydrogen) atoms. The molecule has 184 valence electrons. The van der Waals surface area contributed by atoms with Crippen LogP contribution in [0.5, 0.6) is 0 Å². The summed E-state index contributed by atoms with van der Waals surface area (Å²) in [5.74, 6) is 0. The van der Waals surface area contributed by atoms with Gasteiger partial charge in [0, 0.05) is 23.6 Å². The minimum absolute atomic E-state index is 0.0331. The number of azide groups is 1. The molecule has 0 amide bonds. The molecule has 0 aliphatic carbocycles. The Balaban J connectivity index is 1.55. The van der Waals surface area contributed by atoms with Gasteiger partial charge >= 0.3 is 13.5 Å². The molecule has 1 aromatic heterocycles. The summed E-state index contributed by atoms with van der Waals surface area (Å²) in [6, 6.07) is 9.45. The van der Waals surface area contributed by atoms with E-state index in [2.05, 4.69) is 10.0 Å². The molecule has 0 radical (unpaired) electrons. The SMILES string of the molecule is N#Cc1cccc([C@H]2CCO[P@@](=O)(OC[C@@]3(N=[N+]=[N-])O[C@@H](n4ccc(=O)[nH]c4=O)[C@H](O)[C@@H]3O)O2)c1. The maximum Gasteiger partial charge on any atom is 0.475 e. The highest BCUT2D eigenvalue weighted by atomic mass is 31.2. The predicted molar refractivity (Wildman–Crippen MR) is 114 cm³/mol. The molecule has 3 N–H and O–H groups in total. The zero-order chi connectivity index (χ0) is 25.2. The fraction of sp³-hybridized carbons (Fsp3) is 0.421. The molecular weight excluding hydrogens is 487 g/mol. The molecule has 3 heterocycles. The van der Waals surface area contributed by atoms with Crippen LogP contribution in [-0.4, -0.2) is 50.9 Å². The first-order valence-electron chi connectivity index (χ1n) is 10.2. The number of nitrogens with one attached hydrogen (secondary N) is 1. The van der Waals surface area contributed by atoms with Crippen molar-refractivity contribution in [2.24, 2.45) is 5.11 Å². The van der Waals surface area contributed by atoms with E-state index in [0.29, 0.717) is 17.5 Å². The number of rotatable bonds is 6. The summed E-state index contributed by atoms with van der Waals surface area (Å²) in [6.07, 6.45) is -4.74. The fourth-order valence-corrected chi connectivity index (χ4v) is 5.12. The van der Waals surface area contributed by atoms with Crippen LogP contribution in [0.4, 0.5) is 0 Å². The zero-order valence-corrected chi connectivity index (χ0v) is 18.7. The highest BCUT2D eigenvalue weighted by molar-refractivity contribution is 7.48. The van der Waals surface area contributed by atoms with Gasteiger partial charge in [0.2, 0.25) is 5.72 Å². The van der Waals surface area contributed by atoms with Crippen molar-refractivity contribution in [3.63, 3.8) is 0 Å². The molecule has 4 rings (SSSR count). The molecule has 2 aliphatic heterocycles. The summed E-state index contributed by atoms with van der Waals surface area (Å²) >= 11 is 0. The number of aliphatic hydroxyl groups is 2. The van der Waals surface area contributed by atoms with E-state index in [9.17, 15) is 24.4 Å². The number of phosphoric ester groups is 1. The minimum atomic E-state index is -4.29. The molecule has 6 atom stereocenters. The number of benzene rings is 1. The number of ether oxygens (including phenoxy) is 1. The molecule has 1 aromatic carbocycles. The number of H-pyrrole nitrogens is 1. The second-order valence-electron chi connectivity index (χ2n) is 7.67. The number of aromatic amines is 1. The van der Waals surface area contributed by atoms with Gasteiger partial charge in [0.05, 0.1) is 31.0 Å². The van der Waals surface area contributed by atoms with Crippen molar-refractivity contribution in [1.82, 2.24) is 9.55 Å². The van der Waals surface area contributed by atoms with E-state index in [-0.39, 0.29) is 6.61 Å². The molecule has 0 saturated carbocycles. The normalized spacial score (nSPS) is 32.5. The highest BCUT2D eigenvalue weighted by Gasteiger charge is 2.56. The van der Waals surface area contributed by atoms with E-state index in [1.165, 1.54) is 0 Å². The lowest BCUT2D eigenvalue weighted by Gasteiger charge is -2.32. The van der Waals surface area contributed by atoms with Gasteiger partial charge in [-0.15, -0.1) is 0 Å². The average molecular weight is 506 g/mol. The van der Waals surface area contributed by atoms with Crippen molar-refractivity contribution in [1.29, 1.82) is 5.26 Å². The Hall–Kier alpha value is -3.31. The van der Waals surface area contributed by atoms with Crippen LogP contribution in [0.2, 0.25) is 0 Å². The Labute approximate surface area is 196 Å². The molecule has 0 unspecified atom stereocenters. The molecule has 16 heteroatoms. The summed E-state index contributed by atoms with van der Waals surface area (Å²) in [4.78, 5) is 28.0. The van der Waals surface area contributed by atoms with Crippen LogP contribution in [0.25, 0.3) is 10.4 Å². The van der Waals surface area contributed by atoms with Crippen LogP contribution in [0.3, 0.4) is 0 Å². The minimum Gasteiger partial charge on any atom is -0.387 e. The lowest BCUT2D eigenvalue weighted by atomic mass is 10.0. The number of nitriles is 1. The number of aliphatic hydroxyl groups excluding tert-OH is 2. The first kappa shape index (κ1) is 24.8. The molecular formula is C19H19N6O9P. The van der Waals surface area contributed by atoms with E-state index < -0.39 is 55.9 Å². The average Bonchev–Trinajstić information content (AvgIpc) is 3.09. The van der Waals surface area contributed by atoms with E-state index in [1.54, 1.807) is 24.3 Å². The number of nitrogens with zero attached hydrogens (tertiary/aromatic N) is 5. The maximum atomic E-state index is 13.1. The van der Waals surface area contributed by atoms with Crippen molar-refractivity contribution < 1.29 is 33.1 Å².